The molecule has 1 aromatic rings. The van der Waals surface area contributed by atoms with Crippen molar-refractivity contribution >= 4 is 15.9 Å². The van der Waals surface area contributed by atoms with Gasteiger partial charge in [0.1, 0.15) is 10.6 Å². The minimum absolute atomic E-state index is 0.0822. The van der Waals surface area contributed by atoms with E-state index in [9.17, 15) is 13.2 Å². The molecule has 6 nitrogen and oxygen atoms in total. The fourth-order valence-electron chi connectivity index (χ4n) is 1.76. The van der Waals surface area contributed by atoms with Gasteiger partial charge in [-0.25, -0.2) is 13.6 Å². The zero-order valence-electron chi connectivity index (χ0n) is 11.1. The maximum absolute atomic E-state index is 11.6. The molecular formula is C12H18N2O4S. The molecule has 0 aliphatic carbocycles. The van der Waals surface area contributed by atoms with Crippen molar-refractivity contribution in [1.29, 1.82) is 0 Å². The van der Waals surface area contributed by atoms with Gasteiger partial charge in [0.2, 0.25) is 10.0 Å². The van der Waals surface area contributed by atoms with Crippen LogP contribution >= 0.6 is 0 Å². The van der Waals surface area contributed by atoms with Gasteiger partial charge in [-0.1, -0.05) is 13.0 Å². The maximum Gasteiger partial charge on any atom is 0.258 e. The number of hydrogen-bond acceptors (Lipinski definition) is 4. The van der Waals surface area contributed by atoms with E-state index in [0.717, 1.165) is 5.56 Å². The minimum Gasteiger partial charge on any atom is -0.479 e. The lowest BCUT2D eigenvalue weighted by Crippen LogP contribution is -2.33. The van der Waals surface area contributed by atoms with Crippen LogP contribution in [-0.4, -0.2) is 20.4 Å². The Balaban J connectivity index is 3.38. The summed E-state index contributed by atoms with van der Waals surface area (Å²) in [6, 6.07) is 3.16. The Morgan fingerprint density at radius 3 is 2.37 bits per heavy atom. The first kappa shape index (κ1) is 15.5. The van der Waals surface area contributed by atoms with Crippen LogP contribution in [0.25, 0.3) is 0 Å². The summed E-state index contributed by atoms with van der Waals surface area (Å²) in [5.41, 5.74) is 6.51. The molecule has 0 aromatic heterocycles. The maximum atomic E-state index is 11.6. The van der Waals surface area contributed by atoms with Crippen LogP contribution in [0.5, 0.6) is 5.75 Å². The molecule has 0 heterocycles. The molecule has 0 spiro atoms. The quantitative estimate of drug-likeness (QED) is 0.824. The predicted molar refractivity (Wildman–Crippen MR) is 71.2 cm³/mol. The Morgan fingerprint density at radius 2 is 1.95 bits per heavy atom. The van der Waals surface area contributed by atoms with E-state index in [1.807, 2.05) is 0 Å². The molecule has 1 atom stereocenters. The number of benzene rings is 1. The van der Waals surface area contributed by atoms with Gasteiger partial charge in [-0.15, -0.1) is 0 Å². The van der Waals surface area contributed by atoms with Crippen LogP contribution in [0.4, 0.5) is 0 Å². The first-order valence-corrected chi connectivity index (χ1v) is 7.31. The number of hydrogen-bond donors (Lipinski definition) is 2. The fraction of sp³-hybridized carbons (Fsp3) is 0.417. The lowest BCUT2D eigenvalue weighted by molar-refractivity contribution is -0.124. The Morgan fingerprint density at radius 1 is 1.37 bits per heavy atom. The first-order chi connectivity index (χ1) is 8.66. The molecule has 1 rings (SSSR count). The summed E-state index contributed by atoms with van der Waals surface area (Å²) in [6.07, 6.45) is -0.547. The van der Waals surface area contributed by atoms with Gasteiger partial charge in [-0.3, -0.25) is 4.79 Å². The molecule has 0 bridgehead atoms. The summed E-state index contributed by atoms with van der Waals surface area (Å²) < 4.78 is 28.6. The molecule has 0 radical (unpaired) electrons. The lowest BCUT2D eigenvalue weighted by atomic mass is 10.1. The molecule has 0 saturated carbocycles. The Kier molecular flexibility index (Phi) is 4.54. The van der Waals surface area contributed by atoms with E-state index in [4.69, 9.17) is 15.6 Å². The largest absolute Gasteiger partial charge is 0.479 e. The van der Waals surface area contributed by atoms with Crippen LogP contribution in [0.2, 0.25) is 0 Å². The van der Waals surface area contributed by atoms with Crippen LogP contribution in [-0.2, 0) is 14.8 Å². The second kappa shape index (κ2) is 5.58. The van der Waals surface area contributed by atoms with Crippen molar-refractivity contribution in [2.75, 3.05) is 0 Å². The van der Waals surface area contributed by atoms with E-state index in [1.54, 1.807) is 26.8 Å². The van der Waals surface area contributed by atoms with Crippen LogP contribution < -0.4 is 15.6 Å². The highest BCUT2D eigenvalue weighted by Gasteiger charge is 2.23. The second-order valence-corrected chi connectivity index (χ2v) is 5.90. The van der Waals surface area contributed by atoms with E-state index < -0.39 is 22.0 Å². The summed E-state index contributed by atoms with van der Waals surface area (Å²) >= 11 is 0. The van der Waals surface area contributed by atoms with Crippen molar-refractivity contribution < 1.29 is 17.9 Å². The Bertz CT molecular complexity index is 596. The number of primary amides is 1. The van der Waals surface area contributed by atoms with Gasteiger partial charge >= 0.3 is 0 Å². The third-order valence-corrected chi connectivity index (χ3v) is 3.56. The highest BCUT2D eigenvalue weighted by molar-refractivity contribution is 7.89. The number of rotatable bonds is 5. The monoisotopic (exact) mass is 286 g/mol. The molecule has 0 aliphatic heterocycles. The van der Waals surface area contributed by atoms with Crippen LogP contribution in [0.1, 0.15) is 24.5 Å². The lowest BCUT2D eigenvalue weighted by Gasteiger charge is -2.18. The number of sulfonamides is 1. The molecule has 7 heteroatoms. The summed E-state index contributed by atoms with van der Waals surface area (Å²) in [7, 11) is -3.94. The van der Waals surface area contributed by atoms with Crippen molar-refractivity contribution in [3.05, 3.63) is 23.3 Å². The van der Waals surface area contributed by atoms with Gasteiger partial charge in [0.25, 0.3) is 5.91 Å². The van der Waals surface area contributed by atoms with Crippen molar-refractivity contribution in [2.45, 2.75) is 38.2 Å². The third kappa shape index (κ3) is 3.68. The van der Waals surface area contributed by atoms with Gasteiger partial charge in [-0.2, -0.15) is 0 Å². The van der Waals surface area contributed by atoms with Gasteiger partial charge in [0, 0.05) is 0 Å². The van der Waals surface area contributed by atoms with E-state index in [2.05, 4.69) is 0 Å². The highest BCUT2D eigenvalue weighted by atomic mass is 32.2. The zero-order valence-corrected chi connectivity index (χ0v) is 12.0. The van der Waals surface area contributed by atoms with Gasteiger partial charge in [0.05, 0.1) is 0 Å². The molecule has 1 aromatic carbocycles. The number of carbonyl (C=O) groups is 1. The van der Waals surface area contributed by atoms with E-state index in [1.165, 1.54) is 6.07 Å². The van der Waals surface area contributed by atoms with Crippen molar-refractivity contribution in [3.63, 3.8) is 0 Å². The Hall–Kier alpha value is -1.60. The molecule has 19 heavy (non-hydrogen) atoms. The van der Waals surface area contributed by atoms with Crippen LogP contribution in [0.15, 0.2) is 17.0 Å². The standard InChI is InChI=1S/C12H18N2O4S/c1-4-9(12(13)15)18-11-8(3)5-7(2)6-10(11)19(14,16)17/h5-6,9H,4H2,1-3H3,(H2,13,15)(H2,14,16,17). The summed E-state index contributed by atoms with van der Waals surface area (Å²) in [6.45, 7) is 5.15. The average molecular weight is 286 g/mol. The van der Waals surface area contributed by atoms with Crippen molar-refractivity contribution in [2.24, 2.45) is 10.9 Å². The van der Waals surface area contributed by atoms with Crippen molar-refractivity contribution in [1.82, 2.24) is 0 Å². The topological polar surface area (TPSA) is 112 Å². The summed E-state index contributed by atoms with van der Waals surface area (Å²) in [5.74, 6) is -0.568. The van der Waals surface area contributed by atoms with Gasteiger partial charge < -0.3 is 10.5 Å². The minimum atomic E-state index is -3.94. The molecule has 0 fully saturated rings. The number of primary sulfonamides is 1. The number of ether oxygens (including phenoxy) is 1. The first-order valence-electron chi connectivity index (χ1n) is 5.76. The molecule has 0 aliphatic rings. The molecular weight excluding hydrogens is 268 g/mol. The number of amides is 1. The van der Waals surface area contributed by atoms with Crippen LogP contribution in [0, 0.1) is 13.8 Å². The predicted octanol–water partition coefficient (Wildman–Crippen LogP) is 0.594. The number of carbonyl (C=O) groups excluding carboxylic acids is 1. The SMILES string of the molecule is CCC(Oc1c(C)cc(C)cc1S(N)(=O)=O)C(N)=O. The summed E-state index contributed by atoms with van der Waals surface area (Å²) in [4.78, 5) is 11.1. The average Bonchev–Trinajstić information content (AvgIpc) is 2.25. The molecule has 4 N–H and O–H groups in total. The highest BCUT2D eigenvalue weighted by Crippen LogP contribution is 2.29. The van der Waals surface area contributed by atoms with E-state index >= 15 is 0 Å². The van der Waals surface area contributed by atoms with Crippen LogP contribution in [0.3, 0.4) is 0 Å². The fourth-order valence-corrected chi connectivity index (χ4v) is 2.58. The normalized spacial score (nSPS) is 13.1. The van der Waals surface area contributed by atoms with Gasteiger partial charge in [0.15, 0.2) is 6.10 Å². The zero-order chi connectivity index (χ0) is 14.8. The van der Waals surface area contributed by atoms with Gasteiger partial charge in [-0.05, 0) is 37.5 Å². The molecule has 106 valence electrons. The third-order valence-electron chi connectivity index (χ3n) is 2.64. The molecule has 1 amide bonds. The summed E-state index contributed by atoms with van der Waals surface area (Å²) in [5, 5.41) is 5.16. The van der Waals surface area contributed by atoms with E-state index in [-0.39, 0.29) is 10.6 Å². The number of nitrogens with two attached hydrogens (primary N) is 2. The number of aryl methyl sites for hydroxylation is 2. The molecule has 0 saturated heterocycles. The van der Waals surface area contributed by atoms with Crippen molar-refractivity contribution in [3.8, 4) is 5.75 Å². The molecule has 1 unspecified atom stereocenters. The Labute approximate surface area is 112 Å². The smallest absolute Gasteiger partial charge is 0.258 e. The second-order valence-electron chi connectivity index (χ2n) is 4.37. The van der Waals surface area contributed by atoms with E-state index in [0.29, 0.717) is 12.0 Å².